The van der Waals surface area contributed by atoms with E-state index in [2.05, 4.69) is 22.0 Å². The maximum absolute atomic E-state index is 11.0. The van der Waals surface area contributed by atoms with Gasteiger partial charge in [-0.25, -0.2) is 4.79 Å². The van der Waals surface area contributed by atoms with E-state index in [1.807, 2.05) is 0 Å². The Balaban J connectivity index is 1.92. The SMILES string of the molecule is COC(=O)NC[C@@]1(O)CC2CC[C@H](C1)N2C. The summed E-state index contributed by atoms with van der Waals surface area (Å²) in [5.41, 5.74) is -0.757. The maximum atomic E-state index is 11.0. The molecule has 0 spiro atoms. The number of amides is 1. The number of alkyl carbamates (subject to hydrolysis) is 1. The zero-order valence-corrected chi connectivity index (χ0v) is 9.90. The highest BCUT2D eigenvalue weighted by molar-refractivity contribution is 5.66. The topological polar surface area (TPSA) is 61.8 Å². The van der Waals surface area contributed by atoms with Gasteiger partial charge in [-0.15, -0.1) is 0 Å². The van der Waals surface area contributed by atoms with Gasteiger partial charge in [0.25, 0.3) is 0 Å². The number of rotatable bonds is 2. The molecule has 2 bridgehead atoms. The second-order valence-electron chi connectivity index (χ2n) is 5.03. The summed E-state index contributed by atoms with van der Waals surface area (Å²) in [7, 11) is 3.45. The van der Waals surface area contributed by atoms with Crippen molar-refractivity contribution in [2.24, 2.45) is 0 Å². The van der Waals surface area contributed by atoms with Gasteiger partial charge < -0.3 is 20.1 Å². The Hall–Kier alpha value is -0.810. The Labute approximate surface area is 95.8 Å². The van der Waals surface area contributed by atoms with Gasteiger partial charge in [0.1, 0.15) is 0 Å². The summed E-state index contributed by atoms with van der Waals surface area (Å²) in [6.07, 6.45) is 3.32. The van der Waals surface area contributed by atoms with Crippen molar-refractivity contribution in [1.82, 2.24) is 10.2 Å². The molecule has 1 unspecified atom stereocenters. The summed E-state index contributed by atoms with van der Waals surface area (Å²) in [6, 6.07) is 0.923. The highest BCUT2D eigenvalue weighted by atomic mass is 16.5. The highest BCUT2D eigenvalue weighted by Gasteiger charge is 2.45. The normalized spacial score (nSPS) is 38.4. The Bertz CT molecular complexity index is 268. The number of aliphatic hydroxyl groups is 1. The number of nitrogens with one attached hydrogen (secondary N) is 1. The Morgan fingerprint density at radius 3 is 2.56 bits per heavy atom. The molecule has 2 saturated heterocycles. The van der Waals surface area contributed by atoms with Crippen LogP contribution in [0.4, 0.5) is 4.79 Å². The zero-order valence-electron chi connectivity index (χ0n) is 9.90. The van der Waals surface area contributed by atoms with Crippen LogP contribution in [0.2, 0.25) is 0 Å². The molecular formula is C11H20N2O3. The standard InChI is InChI=1S/C11H20N2O3/c1-13-8-3-4-9(13)6-11(15,5-8)7-12-10(14)16-2/h8-9,15H,3-7H2,1-2H3,(H,12,14)/t8-,9?,11+/m1/s1. The molecule has 5 heteroatoms. The molecule has 2 aliphatic rings. The van der Waals surface area contributed by atoms with Gasteiger partial charge in [-0.3, -0.25) is 0 Å². The van der Waals surface area contributed by atoms with Crippen LogP contribution in [0, 0.1) is 0 Å². The van der Waals surface area contributed by atoms with E-state index >= 15 is 0 Å². The number of carbonyl (C=O) groups is 1. The molecule has 3 atom stereocenters. The van der Waals surface area contributed by atoms with Crippen LogP contribution in [-0.4, -0.2) is 54.5 Å². The first kappa shape index (κ1) is 11.7. The van der Waals surface area contributed by atoms with E-state index in [0.717, 1.165) is 25.7 Å². The molecule has 2 N–H and O–H groups in total. The number of fused-ring (bicyclic) bond motifs is 2. The lowest BCUT2D eigenvalue weighted by Gasteiger charge is -2.42. The quantitative estimate of drug-likeness (QED) is 0.715. The van der Waals surface area contributed by atoms with E-state index in [4.69, 9.17) is 0 Å². The van der Waals surface area contributed by atoms with Gasteiger partial charge in [-0.1, -0.05) is 0 Å². The number of nitrogens with zero attached hydrogens (tertiary/aromatic N) is 1. The van der Waals surface area contributed by atoms with Crippen LogP contribution in [0.1, 0.15) is 25.7 Å². The minimum absolute atomic E-state index is 0.292. The van der Waals surface area contributed by atoms with Crippen LogP contribution in [0.15, 0.2) is 0 Å². The molecule has 0 saturated carbocycles. The summed E-state index contributed by atoms with van der Waals surface area (Å²) < 4.78 is 4.51. The lowest BCUT2D eigenvalue weighted by Crippen LogP contribution is -2.54. The molecule has 1 amide bonds. The van der Waals surface area contributed by atoms with Crippen molar-refractivity contribution in [3.8, 4) is 0 Å². The fourth-order valence-corrected chi connectivity index (χ4v) is 3.00. The van der Waals surface area contributed by atoms with Gasteiger partial charge in [-0.05, 0) is 32.7 Å². The average Bonchev–Trinajstić information content (AvgIpc) is 2.51. The van der Waals surface area contributed by atoms with Crippen LogP contribution in [0.3, 0.4) is 0 Å². The fourth-order valence-electron chi connectivity index (χ4n) is 3.00. The Kier molecular flexibility index (Phi) is 3.08. The predicted octanol–water partition coefficient (Wildman–Crippen LogP) is 0.330. The first-order chi connectivity index (χ1) is 7.54. The molecule has 2 aliphatic heterocycles. The molecule has 0 radical (unpaired) electrons. The van der Waals surface area contributed by atoms with Gasteiger partial charge in [0.2, 0.25) is 0 Å². The van der Waals surface area contributed by atoms with Crippen molar-refractivity contribution in [3.05, 3.63) is 0 Å². The maximum Gasteiger partial charge on any atom is 0.406 e. The summed E-state index contributed by atoms with van der Waals surface area (Å²) >= 11 is 0. The Morgan fingerprint density at radius 1 is 1.50 bits per heavy atom. The number of methoxy groups -OCH3 is 1. The zero-order chi connectivity index (χ0) is 11.8. The summed E-state index contributed by atoms with van der Waals surface area (Å²) in [6.45, 7) is 0.292. The van der Waals surface area contributed by atoms with Crippen molar-refractivity contribution < 1.29 is 14.6 Å². The van der Waals surface area contributed by atoms with Crippen molar-refractivity contribution in [2.75, 3.05) is 20.7 Å². The second kappa shape index (κ2) is 4.22. The number of hydrogen-bond acceptors (Lipinski definition) is 4. The highest BCUT2D eigenvalue weighted by Crippen LogP contribution is 2.39. The fraction of sp³-hybridized carbons (Fsp3) is 0.909. The van der Waals surface area contributed by atoms with Crippen LogP contribution in [0.5, 0.6) is 0 Å². The average molecular weight is 228 g/mol. The van der Waals surface area contributed by atoms with Crippen LogP contribution in [-0.2, 0) is 4.74 Å². The van der Waals surface area contributed by atoms with Crippen molar-refractivity contribution >= 4 is 6.09 Å². The smallest absolute Gasteiger partial charge is 0.406 e. The van der Waals surface area contributed by atoms with Gasteiger partial charge in [0.15, 0.2) is 0 Å². The molecule has 0 aromatic heterocycles. The number of piperidine rings is 1. The van der Waals surface area contributed by atoms with Crippen LogP contribution in [0.25, 0.3) is 0 Å². The van der Waals surface area contributed by atoms with E-state index < -0.39 is 11.7 Å². The van der Waals surface area contributed by atoms with Crippen LogP contribution < -0.4 is 5.32 Å². The Morgan fingerprint density at radius 2 is 2.06 bits per heavy atom. The van der Waals surface area contributed by atoms with E-state index in [1.165, 1.54) is 7.11 Å². The first-order valence-corrected chi connectivity index (χ1v) is 5.80. The number of ether oxygens (including phenoxy) is 1. The van der Waals surface area contributed by atoms with Crippen LogP contribution >= 0.6 is 0 Å². The van der Waals surface area contributed by atoms with E-state index in [9.17, 15) is 9.90 Å². The monoisotopic (exact) mass is 228 g/mol. The number of carbonyl (C=O) groups excluding carboxylic acids is 1. The van der Waals surface area contributed by atoms with Gasteiger partial charge >= 0.3 is 6.09 Å². The minimum Gasteiger partial charge on any atom is -0.453 e. The van der Waals surface area contributed by atoms with Crippen molar-refractivity contribution in [1.29, 1.82) is 0 Å². The molecule has 0 aliphatic carbocycles. The molecule has 2 rings (SSSR count). The molecule has 0 aromatic rings. The van der Waals surface area contributed by atoms with E-state index in [-0.39, 0.29) is 0 Å². The molecule has 2 fully saturated rings. The molecule has 5 nitrogen and oxygen atoms in total. The van der Waals surface area contributed by atoms with E-state index in [0.29, 0.717) is 18.6 Å². The molecule has 2 heterocycles. The minimum atomic E-state index is -0.757. The van der Waals surface area contributed by atoms with E-state index in [1.54, 1.807) is 0 Å². The van der Waals surface area contributed by atoms with Gasteiger partial charge in [0, 0.05) is 18.6 Å². The van der Waals surface area contributed by atoms with Gasteiger partial charge in [-0.2, -0.15) is 0 Å². The predicted molar refractivity (Wildman–Crippen MR) is 59.2 cm³/mol. The largest absolute Gasteiger partial charge is 0.453 e. The van der Waals surface area contributed by atoms with Crippen molar-refractivity contribution in [2.45, 2.75) is 43.4 Å². The summed E-state index contributed by atoms with van der Waals surface area (Å²) in [5, 5.41) is 13.0. The van der Waals surface area contributed by atoms with Gasteiger partial charge in [0.05, 0.1) is 12.7 Å². The molecular weight excluding hydrogens is 208 g/mol. The molecule has 0 aromatic carbocycles. The third-order valence-electron chi connectivity index (χ3n) is 3.96. The molecule has 92 valence electrons. The first-order valence-electron chi connectivity index (χ1n) is 5.80. The molecule has 16 heavy (non-hydrogen) atoms. The number of hydrogen-bond donors (Lipinski definition) is 2. The summed E-state index contributed by atoms with van der Waals surface area (Å²) in [5.74, 6) is 0. The lowest BCUT2D eigenvalue weighted by atomic mass is 9.86. The third kappa shape index (κ3) is 2.15. The van der Waals surface area contributed by atoms with Crippen molar-refractivity contribution in [3.63, 3.8) is 0 Å². The third-order valence-corrected chi connectivity index (χ3v) is 3.96. The second-order valence-corrected chi connectivity index (χ2v) is 5.03. The lowest BCUT2D eigenvalue weighted by molar-refractivity contribution is -0.0421. The summed E-state index contributed by atoms with van der Waals surface area (Å²) in [4.78, 5) is 13.3.